The van der Waals surface area contributed by atoms with Crippen LogP contribution < -0.4 is 0 Å². The van der Waals surface area contributed by atoms with Crippen molar-refractivity contribution < 1.29 is 0 Å². The van der Waals surface area contributed by atoms with E-state index in [2.05, 4.69) is 40.5 Å². The summed E-state index contributed by atoms with van der Waals surface area (Å²) < 4.78 is 2.16. The Balaban J connectivity index is 2.12. The minimum Gasteiger partial charge on any atom is -0.320 e. The molecule has 5 heteroatoms. The highest BCUT2D eigenvalue weighted by molar-refractivity contribution is 7.11. The van der Waals surface area contributed by atoms with E-state index in [1.165, 1.54) is 10.4 Å². The molecule has 0 amide bonds. The van der Waals surface area contributed by atoms with Crippen LogP contribution in [0.2, 0.25) is 0 Å². The van der Waals surface area contributed by atoms with Crippen LogP contribution in [0.4, 0.5) is 0 Å². The topological polar surface area (TPSA) is 30.7 Å². The smallest absolute Gasteiger partial charge is 0.125 e. The molecule has 98 valence electrons. The van der Waals surface area contributed by atoms with Gasteiger partial charge >= 0.3 is 0 Å². The molecule has 0 fully saturated rings. The van der Waals surface area contributed by atoms with Crippen molar-refractivity contribution >= 4 is 34.0 Å². The first kappa shape index (κ1) is 12.6. The minimum atomic E-state index is 0.415. The van der Waals surface area contributed by atoms with Crippen molar-refractivity contribution in [3.63, 3.8) is 0 Å². The first-order chi connectivity index (χ1) is 9.17. The van der Waals surface area contributed by atoms with Crippen molar-refractivity contribution in [3.05, 3.63) is 45.7 Å². The molecule has 0 saturated heterocycles. The summed E-state index contributed by atoms with van der Waals surface area (Å²) in [7, 11) is 0. The van der Waals surface area contributed by atoms with Crippen LogP contribution in [0, 0.1) is 13.8 Å². The Kier molecular flexibility index (Phi) is 3.29. The van der Waals surface area contributed by atoms with Gasteiger partial charge in [-0.1, -0.05) is 6.07 Å². The van der Waals surface area contributed by atoms with Gasteiger partial charge in [-0.05, 0) is 31.5 Å². The summed E-state index contributed by atoms with van der Waals surface area (Å²) in [4.78, 5) is 10.2. The van der Waals surface area contributed by atoms with Crippen molar-refractivity contribution in [3.8, 4) is 0 Å². The molecule has 3 nitrogen and oxygen atoms in total. The molecule has 19 heavy (non-hydrogen) atoms. The third-order valence-corrected chi connectivity index (χ3v) is 4.20. The number of hydrogen-bond acceptors (Lipinski definition) is 3. The number of nitrogens with zero attached hydrogens (tertiary/aromatic N) is 3. The zero-order valence-electron chi connectivity index (χ0n) is 10.9. The molecule has 0 unspecified atom stereocenters. The molecule has 1 aromatic carbocycles. The molecule has 0 atom stereocenters. The number of alkyl halides is 1. The van der Waals surface area contributed by atoms with Crippen LogP contribution in [0.25, 0.3) is 11.0 Å². The zero-order chi connectivity index (χ0) is 13.4. The van der Waals surface area contributed by atoms with Crippen LogP contribution in [0.15, 0.2) is 24.4 Å². The number of benzene rings is 1. The van der Waals surface area contributed by atoms with E-state index in [0.29, 0.717) is 5.88 Å². The minimum absolute atomic E-state index is 0.415. The third kappa shape index (κ3) is 2.38. The predicted octanol–water partition coefficient (Wildman–Crippen LogP) is 3.90. The van der Waals surface area contributed by atoms with Gasteiger partial charge in [-0.25, -0.2) is 9.97 Å². The molecule has 0 spiro atoms. The lowest BCUT2D eigenvalue weighted by Gasteiger charge is -2.05. The van der Waals surface area contributed by atoms with Crippen LogP contribution in [0.1, 0.15) is 21.3 Å². The molecule has 3 aromatic rings. The molecule has 0 saturated carbocycles. The van der Waals surface area contributed by atoms with Crippen molar-refractivity contribution in [2.24, 2.45) is 0 Å². The van der Waals surface area contributed by atoms with Crippen LogP contribution in [-0.4, -0.2) is 14.5 Å². The average molecular weight is 292 g/mol. The molecule has 0 aliphatic heterocycles. The maximum absolute atomic E-state index is 6.01. The number of hydrogen-bond donors (Lipinski definition) is 0. The van der Waals surface area contributed by atoms with Gasteiger partial charge in [0.1, 0.15) is 10.8 Å². The number of thiazole rings is 1. The fourth-order valence-electron chi connectivity index (χ4n) is 2.17. The van der Waals surface area contributed by atoms with Crippen molar-refractivity contribution in [1.29, 1.82) is 0 Å². The Hall–Kier alpha value is -1.39. The van der Waals surface area contributed by atoms with E-state index in [1.807, 2.05) is 12.3 Å². The molecular weight excluding hydrogens is 278 g/mol. The second kappa shape index (κ2) is 4.94. The van der Waals surface area contributed by atoms with Crippen molar-refractivity contribution in [2.45, 2.75) is 26.3 Å². The van der Waals surface area contributed by atoms with Crippen molar-refractivity contribution in [1.82, 2.24) is 14.5 Å². The van der Waals surface area contributed by atoms with Crippen LogP contribution >= 0.6 is 22.9 Å². The van der Waals surface area contributed by atoms with Gasteiger partial charge in [0, 0.05) is 11.1 Å². The van der Waals surface area contributed by atoms with Gasteiger partial charge in [-0.15, -0.1) is 22.9 Å². The fourth-order valence-corrected chi connectivity index (χ4v) is 3.15. The summed E-state index contributed by atoms with van der Waals surface area (Å²) in [5.41, 5.74) is 3.35. The predicted molar refractivity (Wildman–Crippen MR) is 80.0 cm³/mol. The Morgan fingerprint density at radius 3 is 2.84 bits per heavy atom. The molecule has 0 bridgehead atoms. The zero-order valence-corrected chi connectivity index (χ0v) is 12.4. The lowest BCUT2D eigenvalue weighted by Crippen LogP contribution is -2.03. The monoisotopic (exact) mass is 291 g/mol. The largest absolute Gasteiger partial charge is 0.320 e. The lowest BCUT2D eigenvalue weighted by molar-refractivity contribution is 0.773. The number of aryl methyl sites for hydroxylation is 2. The van der Waals surface area contributed by atoms with E-state index in [-0.39, 0.29) is 0 Å². The van der Waals surface area contributed by atoms with Gasteiger partial charge < -0.3 is 4.57 Å². The molecule has 0 radical (unpaired) electrons. The van der Waals surface area contributed by atoms with E-state index in [4.69, 9.17) is 11.6 Å². The molecular formula is C14H14ClN3S. The van der Waals surface area contributed by atoms with Gasteiger partial charge in [-0.2, -0.15) is 0 Å². The van der Waals surface area contributed by atoms with E-state index >= 15 is 0 Å². The van der Waals surface area contributed by atoms with Gasteiger partial charge in [0.2, 0.25) is 0 Å². The Morgan fingerprint density at radius 2 is 2.16 bits per heavy atom. The van der Waals surface area contributed by atoms with Crippen LogP contribution in [-0.2, 0) is 12.4 Å². The SMILES string of the molecule is Cc1ccc2nc(CCl)n(Cc3ncc(C)s3)c2c1. The average Bonchev–Trinajstić information content (AvgIpc) is 2.94. The van der Waals surface area contributed by atoms with E-state index in [0.717, 1.165) is 28.4 Å². The molecule has 0 N–H and O–H groups in total. The maximum Gasteiger partial charge on any atom is 0.125 e. The Morgan fingerprint density at radius 1 is 1.32 bits per heavy atom. The standard InChI is InChI=1S/C14H14ClN3S/c1-9-3-4-11-12(5-9)18(13(6-15)17-11)8-14-16-7-10(2)19-14/h3-5,7H,6,8H2,1-2H3. The summed E-state index contributed by atoms with van der Waals surface area (Å²) in [6, 6.07) is 6.27. The second-order valence-electron chi connectivity index (χ2n) is 4.60. The van der Waals surface area contributed by atoms with Gasteiger partial charge in [0.25, 0.3) is 0 Å². The summed E-state index contributed by atoms with van der Waals surface area (Å²) >= 11 is 7.73. The van der Waals surface area contributed by atoms with E-state index in [9.17, 15) is 0 Å². The molecule has 2 heterocycles. The Bertz CT molecular complexity index is 729. The first-order valence-corrected chi connectivity index (χ1v) is 7.45. The number of fused-ring (bicyclic) bond motifs is 1. The highest BCUT2D eigenvalue weighted by Crippen LogP contribution is 2.22. The van der Waals surface area contributed by atoms with Crippen LogP contribution in [0.5, 0.6) is 0 Å². The summed E-state index contributed by atoms with van der Waals surface area (Å²) in [5, 5.41) is 1.09. The maximum atomic E-state index is 6.01. The number of imidazole rings is 1. The number of rotatable bonds is 3. The number of halogens is 1. The normalized spacial score (nSPS) is 11.3. The first-order valence-electron chi connectivity index (χ1n) is 6.10. The highest BCUT2D eigenvalue weighted by atomic mass is 35.5. The quantitative estimate of drug-likeness (QED) is 0.685. The van der Waals surface area contributed by atoms with E-state index in [1.54, 1.807) is 11.3 Å². The summed E-state index contributed by atoms with van der Waals surface area (Å²) in [6.45, 7) is 4.89. The van der Waals surface area contributed by atoms with Gasteiger partial charge in [0.05, 0.1) is 23.5 Å². The van der Waals surface area contributed by atoms with Crippen LogP contribution in [0.3, 0.4) is 0 Å². The van der Waals surface area contributed by atoms with Gasteiger partial charge in [-0.3, -0.25) is 0 Å². The van der Waals surface area contributed by atoms with E-state index < -0.39 is 0 Å². The molecule has 0 aliphatic rings. The second-order valence-corrected chi connectivity index (χ2v) is 6.19. The Labute approximate surface area is 120 Å². The summed E-state index contributed by atoms with van der Waals surface area (Å²) in [5.74, 6) is 1.31. The molecule has 2 aromatic heterocycles. The third-order valence-electron chi connectivity index (χ3n) is 3.06. The molecule has 3 rings (SSSR count). The van der Waals surface area contributed by atoms with Crippen molar-refractivity contribution in [2.75, 3.05) is 0 Å². The molecule has 0 aliphatic carbocycles. The highest BCUT2D eigenvalue weighted by Gasteiger charge is 2.11. The summed E-state index contributed by atoms with van der Waals surface area (Å²) in [6.07, 6.45) is 1.91. The van der Waals surface area contributed by atoms with Gasteiger partial charge in [0.15, 0.2) is 0 Å². The number of aromatic nitrogens is 3. The fraction of sp³-hybridized carbons (Fsp3) is 0.286. The lowest BCUT2D eigenvalue weighted by atomic mass is 10.2.